The van der Waals surface area contributed by atoms with Crippen LogP contribution in [0.1, 0.15) is 16.8 Å². The van der Waals surface area contributed by atoms with E-state index < -0.39 is 11.6 Å². The summed E-state index contributed by atoms with van der Waals surface area (Å²) in [5.74, 6) is -1.85. The summed E-state index contributed by atoms with van der Waals surface area (Å²) in [7, 11) is 1.62. The van der Waals surface area contributed by atoms with Gasteiger partial charge in [0.1, 0.15) is 11.6 Å². The van der Waals surface area contributed by atoms with E-state index in [-0.39, 0.29) is 30.0 Å². The number of carbonyl (C=O) groups is 1. The summed E-state index contributed by atoms with van der Waals surface area (Å²) in [6.07, 6.45) is 1.45. The van der Waals surface area contributed by atoms with Crippen molar-refractivity contribution < 1.29 is 13.6 Å². The van der Waals surface area contributed by atoms with E-state index in [9.17, 15) is 18.4 Å². The van der Waals surface area contributed by atoms with E-state index in [1.807, 2.05) is 0 Å². The van der Waals surface area contributed by atoms with Gasteiger partial charge in [-0.3, -0.25) is 9.59 Å². The fraction of sp³-hybridized carbons (Fsp3) is 0.312. The van der Waals surface area contributed by atoms with Crippen LogP contribution in [0.25, 0.3) is 0 Å². The van der Waals surface area contributed by atoms with Crippen LogP contribution in [-0.4, -0.2) is 26.9 Å². The number of aryl methyl sites for hydroxylation is 1. The number of hydrogen-bond acceptors (Lipinski definition) is 3. The number of amides is 1. The zero-order chi connectivity index (χ0) is 16.6. The summed E-state index contributed by atoms with van der Waals surface area (Å²) in [6.45, 7) is 0.517. The van der Waals surface area contributed by atoms with Gasteiger partial charge in [-0.25, -0.2) is 13.8 Å². The number of benzene rings is 1. The fourth-order valence-electron chi connectivity index (χ4n) is 2.69. The molecule has 0 aliphatic carbocycles. The Labute approximate surface area is 131 Å². The first-order chi connectivity index (χ1) is 11.0. The second-order valence-corrected chi connectivity index (χ2v) is 5.53. The van der Waals surface area contributed by atoms with Gasteiger partial charge in [0.15, 0.2) is 0 Å². The first-order valence-corrected chi connectivity index (χ1v) is 7.21. The number of halogens is 2. The molecule has 3 rings (SSSR count). The molecular weight excluding hydrogens is 304 g/mol. The van der Waals surface area contributed by atoms with Crippen LogP contribution in [0.5, 0.6) is 0 Å². The molecule has 1 aliphatic heterocycles. The molecule has 0 spiro atoms. The number of nitrogens with zero attached hydrogens (tertiary/aromatic N) is 3. The Balaban J connectivity index is 1.80. The second kappa shape index (κ2) is 5.91. The van der Waals surface area contributed by atoms with E-state index in [0.717, 1.165) is 12.1 Å². The molecule has 1 aliphatic rings. The van der Waals surface area contributed by atoms with Gasteiger partial charge in [-0.1, -0.05) is 6.07 Å². The van der Waals surface area contributed by atoms with E-state index in [2.05, 4.69) is 4.98 Å². The topological polar surface area (TPSA) is 55.2 Å². The number of hydrogen-bond donors (Lipinski definition) is 0. The Kier molecular flexibility index (Phi) is 3.94. The van der Waals surface area contributed by atoms with Gasteiger partial charge in [-0.05, 0) is 18.6 Å². The predicted octanol–water partition coefficient (Wildman–Crippen LogP) is 1.19. The van der Waals surface area contributed by atoms with Crippen molar-refractivity contribution in [3.8, 4) is 0 Å². The molecule has 2 aromatic rings. The molecule has 23 heavy (non-hydrogen) atoms. The van der Waals surface area contributed by atoms with Gasteiger partial charge in [0.2, 0.25) is 5.91 Å². The standard InChI is InChI=1S/C16H15F2N3O2/c1-20-9-19-14-8-21(6-5-10(14)16(20)23)15(22)7-11-12(17)3-2-4-13(11)18/h2-4,9H,5-8H2,1H3. The summed E-state index contributed by atoms with van der Waals surface area (Å²) in [6, 6.07) is 3.51. The lowest BCUT2D eigenvalue weighted by molar-refractivity contribution is -0.131. The van der Waals surface area contributed by atoms with Crippen LogP contribution in [0, 0.1) is 11.6 Å². The summed E-state index contributed by atoms with van der Waals surface area (Å²) < 4.78 is 28.7. The number of rotatable bonds is 2. The highest BCUT2D eigenvalue weighted by molar-refractivity contribution is 5.79. The third-order valence-electron chi connectivity index (χ3n) is 4.03. The average molecular weight is 319 g/mol. The molecule has 0 radical (unpaired) electrons. The number of fused-ring (bicyclic) bond motifs is 1. The molecule has 0 atom stereocenters. The molecule has 0 N–H and O–H groups in total. The summed E-state index contributed by atoms with van der Waals surface area (Å²) in [4.78, 5) is 30.0. The van der Waals surface area contributed by atoms with Gasteiger partial charge in [-0.15, -0.1) is 0 Å². The van der Waals surface area contributed by atoms with E-state index >= 15 is 0 Å². The maximum Gasteiger partial charge on any atom is 0.256 e. The predicted molar refractivity (Wildman–Crippen MR) is 78.7 cm³/mol. The van der Waals surface area contributed by atoms with Crippen LogP contribution >= 0.6 is 0 Å². The Morgan fingerprint density at radius 3 is 2.70 bits per heavy atom. The zero-order valence-electron chi connectivity index (χ0n) is 12.6. The van der Waals surface area contributed by atoms with Crippen LogP contribution < -0.4 is 5.56 Å². The minimum absolute atomic E-state index is 0.123. The SMILES string of the molecule is Cn1cnc2c(c1=O)CCN(C(=O)Cc1c(F)cccc1F)C2. The van der Waals surface area contributed by atoms with E-state index in [4.69, 9.17) is 0 Å². The molecule has 0 fully saturated rings. The van der Waals surface area contributed by atoms with Gasteiger partial charge in [-0.2, -0.15) is 0 Å². The molecule has 120 valence electrons. The van der Waals surface area contributed by atoms with Crippen molar-refractivity contribution >= 4 is 5.91 Å². The van der Waals surface area contributed by atoms with Crippen molar-refractivity contribution in [2.75, 3.05) is 6.54 Å². The number of aromatic nitrogens is 2. The van der Waals surface area contributed by atoms with E-state index in [1.165, 1.54) is 21.9 Å². The molecule has 0 bridgehead atoms. The number of carbonyl (C=O) groups excluding carboxylic acids is 1. The molecule has 1 amide bonds. The van der Waals surface area contributed by atoms with Crippen molar-refractivity contribution in [1.29, 1.82) is 0 Å². The smallest absolute Gasteiger partial charge is 0.256 e. The highest BCUT2D eigenvalue weighted by Gasteiger charge is 2.25. The first kappa shape index (κ1) is 15.3. The minimum Gasteiger partial charge on any atom is -0.336 e. The minimum atomic E-state index is -0.734. The van der Waals surface area contributed by atoms with Crippen LogP contribution in [-0.2, 0) is 31.2 Å². The fourth-order valence-corrected chi connectivity index (χ4v) is 2.69. The maximum atomic E-state index is 13.6. The largest absolute Gasteiger partial charge is 0.336 e. The lowest BCUT2D eigenvalue weighted by Gasteiger charge is -2.28. The Hall–Kier alpha value is -2.57. The Morgan fingerprint density at radius 2 is 2.00 bits per heavy atom. The molecule has 0 saturated carbocycles. The van der Waals surface area contributed by atoms with Crippen molar-refractivity contribution in [1.82, 2.24) is 14.5 Å². The van der Waals surface area contributed by atoms with E-state index in [0.29, 0.717) is 24.2 Å². The maximum absolute atomic E-state index is 13.6. The van der Waals surface area contributed by atoms with Crippen LogP contribution in [0.15, 0.2) is 29.3 Å². The van der Waals surface area contributed by atoms with Crippen molar-refractivity contribution in [2.45, 2.75) is 19.4 Å². The van der Waals surface area contributed by atoms with Gasteiger partial charge < -0.3 is 9.47 Å². The molecule has 1 aromatic heterocycles. The third kappa shape index (κ3) is 2.86. The normalized spacial score (nSPS) is 13.8. The molecule has 7 heteroatoms. The van der Waals surface area contributed by atoms with Crippen molar-refractivity contribution in [3.05, 3.63) is 63.3 Å². The van der Waals surface area contributed by atoms with Gasteiger partial charge in [0.25, 0.3) is 5.56 Å². The van der Waals surface area contributed by atoms with Crippen LogP contribution in [0.2, 0.25) is 0 Å². The van der Waals surface area contributed by atoms with Gasteiger partial charge in [0.05, 0.1) is 25.0 Å². The molecule has 5 nitrogen and oxygen atoms in total. The molecule has 1 aromatic carbocycles. The third-order valence-corrected chi connectivity index (χ3v) is 4.03. The summed E-state index contributed by atoms with van der Waals surface area (Å²) in [5, 5.41) is 0. The zero-order valence-corrected chi connectivity index (χ0v) is 12.6. The summed E-state index contributed by atoms with van der Waals surface area (Å²) in [5.41, 5.74) is 0.778. The Bertz CT molecular complexity index is 812. The highest BCUT2D eigenvalue weighted by atomic mass is 19.1. The monoisotopic (exact) mass is 319 g/mol. The average Bonchev–Trinajstić information content (AvgIpc) is 2.54. The van der Waals surface area contributed by atoms with Crippen molar-refractivity contribution in [2.24, 2.45) is 7.05 Å². The Morgan fingerprint density at radius 1 is 1.30 bits per heavy atom. The molecule has 0 unspecified atom stereocenters. The quantitative estimate of drug-likeness (QED) is 0.835. The summed E-state index contributed by atoms with van der Waals surface area (Å²) >= 11 is 0. The van der Waals surface area contributed by atoms with Crippen molar-refractivity contribution in [3.63, 3.8) is 0 Å². The van der Waals surface area contributed by atoms with E-state index in [1.54, 1.807) is 7.05 Å². The molecule has 2 heterocycles. The van der Waals surface area contributed by atoms with Crippen LogP contribution in [0.4, 0.5) is 8.78 Å². The lowest BCUT2D eigenvalue weighted by atomic mass is 10.0. The second-order valence-electron chi connectivity index (χ2n) is 5.53. The highest BCUT2D eigenvalue weighted by Crippen LogP contribution is 2.17. The first-order valence-electron chi connectivity index (χ1n) is 7.21. The molecular formula is C16H15F2N3O2. The van der Waals surface area contributed by atoms with Crippen LogP contribution in [0.3, 0.4) is 0 Å². The molecule has 0 saturated heterocycles. The van der Waals surface area contributed by atoms with Gasteiger partial charge >= 0.3 is 0 Å². The lowest BCUT2D eigenvalue weighted by Crippen LogP contribution is -2.40. The van der Waals surface area contributed by atoms with Gasteiger partial charge in [0, 0.05) is 24.7 Å².